The zero-order valence-corrected chi connectivity index (χ0v) is 10.2. The summed E-state index contributed by atoms with van der Waals surface area (Å²) in [5.41, 5.74) is 0. The third-order valence-electron chi connectivity index (χ3n) is 1.95. The van der Waals surface area contributed by atoms with Gasteiger partial charge in [-0.15, -0.1) is 0 Å². The molecule has 90 valence electrons. The molecule has 0 aliphatic carbocycles. The van der Waals surface area contributed by atoms with E-state index in [4.69, 9.17) is 4.52 Å². The van der Waals surface area contributed by atoms with E-state index >= 15 is 0 Å². The standard InChI is InChI=1S/C9H16N4O2S/c1-10-9(14)12-16-7-3-5-13(2)8-4-6-15-11-8/h4,6H,3,5,7H2,1-2H3,(H2,10,12,14). The molecule has 0 fully saturated rings. The first-order valence-electron chi connectivity index (χ1n) is 4.95. The Morgan fingerprint density at radius 3 is 3.12 bits per heavy atom. The summed E-state index contributed by atoms with van der Waals surface area (Å²) < 4.78 is 7.40. The minimum absolute atomic E-state index is 0.171. The molecule has 0 saturated carbocycles. The van der Waals surface area contributed by atoms with E-state index in [-0.39, 0.29) is 6.03 Å². The molecule has 0 bridgehead atoms. The number of carbonyl (C=O) groups excluding carboxylic acids is 1. The lowest BCUT2D eigenvalue weighted by Crippen LogP contribution is -2.28. The molecule has 1 aromatic heterocycles. The lowest BCUT2D eigenvalue weighted by Gasteiger charge is -2.14. The van der Waals surface area contributed by atoms with Crippen LogP contribution < -0.4 is 14.9 Å². The van der Waals surface area contributed by atoms with Gasteiger partial charge in [0.1, 0.15) is 6.26 Å². The van der Waals surface area contributed by atoms with Gasteiger partial charge in [-0.05, 0) is 18.4 Å². The summed E-state index contributed by atoms with van der Waals surface area (Å²) in [5.74, 6) is 1.68. The number of hydrogen-bond acceptors (Lipinski definition) is 5. The molecule has 1 heterocycles. The highest BCUT2D eigenvalue weighted by atomic mass is 32.2. The maximum atomic E-state index is 10.8. The Morgan fingerprint density at radius 2 is 2.50 bits per heavy atom. The van der Waals surface area contributed by atoms with Crippen molar-refractivity contribution in [2.45, 2.75) is 6.42 Å². The number of aromatic nitrogens is 1. The van der Waals surface area contributed by atoms with Crippen molar-refractivity contribution in [3.8, 4) is 0 Å². The number of rotatable bonds is 6. The molecular weight excluding hydrogens is 228 g/mol. The summed E-state index contributed by atoms with van der Waals surface area (Å²) in [6, 6.07) is 1.64. The Bertz CT molecular complexity index is 304. The minimum Gasteiger partial charge on any atom is -0.363 e. The average Bonchev–Trinajstić information content (AvgIpc) is 2.81. The van der Waals surface area contributed by atoms with Crippen LogP contribution in [0, 0.1) is 0 Å². The highest BCUT2D eigenvalue weighted by molar-refractivity contribution is 7.97. The second-order valence-corrected chi connectivity index (χ2v) is 4.06. The maximum absolute atomic E-state index is 10.8. The first-order chi connectivity index (χ1) is 7.74. The van der Waals surface area contributed by atoms with Crippen LogP contribution >= 0.6 is 11.9 Å². The molecule has 0 atom stereocenters. The smallest absolute Gasteiger partial charge is 0.324 e. The Hall–Kier alpha value is -1.37. The summed E-state index contributed by atoms with van der Waals surface area (Å²) >= 11 is 1.39. The van der Waals surface area contributed by atoms with Crippen LogP contribution in [0.3, 0.4) is 0 Å². The van der Waals surface area contributed by atoms with Gasteiger partial charge in [0, 0.05) is 32.5 Å². The van der Waals surface area contributed by atoms with Gasteiger partial charge in [-0.25, -0.2) is 4.79 Å². The van der Waals surface area contributed by atoms with Gasteiger partial charge in [0.25, 0.3) is 0 Å². The van der Waals surface area contributed by atoms with E-state index in [1.807, 2.05) is 18.0 Å². The fourth-order valence-electron chi connectivity index (χ4n) is 1.06. The fraction of sp³-hybridized carbons (Fsp3) is 0.556. The number of nitrogens with zero attached hydrogens (tertiary/aromatic N) is 2. The Balaban J connectivity index is 2.05. The molecule has 0 radical (unpaired) electrons. The average molecular weight is 244 g/mol. The molecule has 0 aliphatic rings. The molecule has 0 unspecified atom stereocenters. The number of hydrogen-bond donors (Lipinski definition) is 2. The molecule has 0 spiro atoms. The molecule has 1 aromatic rings. The van der Waals surface area contributed by atoms with E-state index in [2.05, 4.69) is 15.2 Å². The predicted octanol–water partition coefficient (Wildman–Crippen LogP) is 1.08. The van der Waals surface area contributed by atoms with E-state index in [1.165, 1.54) is 11.9 Å². The molecule has 2 amide bonds. The molecule has 0 aliphatic heterocycles. The number of anilines is 1. The Morgan fingerprint density at radius 1 is 1.69 bits per heavy atom. The number of nitrogens with one attached hydrogen (secondary N) is 2. The summed E-state index contributed by atoms with van der Waals surface area (Å²) in [4.78, 5) is 12.8. The van der Waals surface area contributed by atoms with Gasteiger partial charge in [0.15, 0.2) is 5.82 Å². The van der Waals surface area contributed by atoms with Crippen LogP contribution in [0.25, 0.3) is 0 Å². The van der Waals surface area contributed by atoms with Crippen LogP contribution in [0.4, 0.5) is 10.6 Å². The van der Waals surface area contributed by atoms with Gasteiger partial charge in [-0.2, -0.15) is 0 Å². The number of amides is 2. The lowest BCUT2D eigenvalue weighted by atomic mass is 10.4. The summed E-state index contributed by atoms with van der Waals surface area (Å²) in [7, 11) is 3.54. The van der Waals surface area contributed by atoms with Crippen molar-refractivity contribution < 1.29 is 9.32 Å². The molecular formula is C9H16N4O2S. The quantitative estimate of drug-likeness (QED) is 0.579. The summed E-state index contributed by atoms with van der Waals surface area (Å²) in [6.45, 7) is 0.870. The minimum atomic E-state index is -0.171. The van der Waals surface area contributed by atoms with Gasteiger partial charge in [-0.3, -0.25) is 4.72 Å². The third-order valence-corrected chi connectivity index (χ3v) is 2.77. The van der Waals surface area contributed by atoms with Gasteiger partial charge >= 0.3 is 6.03 Å². The van der Waals surface area contributed by atoms with Crippen molar-refractivity contribution in [2.24, 2.45) is 0 Å². The van der Waals surface area contributed by atoms with Crippen molar-refractivity contribution in [3.05, 3.63) is 12.3 Å². The van der Waals surface area contributed by atoms with Gasteiger partial charge in [0.2, 0.25) is 0 Å². The van der Waals surface area contributed by atoms with E-state index in [1.54, 1.807) is 13.3 Å². The monoisotopic (exact) mass is 244 g/mol. The number of urea groups is 1. The number of carbonyl (C=O) groups is 1. The molecule has 0 saturated heterocycles. The SMILES string of the molecule is CNC(=O)NSCCCN(C)c1ccon1. The Labute approximate surface area is 98.9 Å². The second kappa shape index (κ2) is 7.00. The van der Waals surface area contributed by atoms with Gasteiger partial charge < -0.3 is 14.7 Å². The van der Waals surface area contributed by atoms with Crippen LogP contribution in [-0.4, -0.2) is 37.6 Å². The largest absolute Gasteiger partial charge is 0.363 e. The highest BCUT2D eigenvalue weighted by Gasteiger charge is 2.03. The van der Waals surface area contributed by atoms with E-state index in [0.717, 1.165) is 24.5 Å². The van der Waals surface area contributed by atoms with Crippen molar-refractivity contribution >= 4 is 23.8 Å². The molecule has 2 N–H and O–H groups in total. The van der Waals surface area contributed by atoms with Gasteiger partial charge in [0.05, 0.1) is 0 Å². The normalized spacial score (nSPS) is 9.88. The van der Waals surface area contributed by atoms with E-state index < -0.39 is 0 Å². The van der Waals surface area contributed by atoms with Crippen molar-refractivity contribution in [2.75, 3.05) is 31.3 Å². The van der Waals surface area contributed by atoms with Crippen LogP contribution in [0.15, 0.2) is 16.9 Å². The summed E-state index contributed by atoms with van der Waals surface area (Å²) in [5, 5.41) is 6.30. The predicted molar refractivity (Wildman–Crippen MR) is 64.4 cm³/mol. The Kier molecular flexibility index (Phi) is 5.55. The molecule has 6 nitrogen and oxygen atoms in total. The topological polar surface area (TPSA) is 70.4 Å². The molecule has 1 rings (SSSR count). The zero-order chi connectivity index (χ0) is 11.8. The van der Waals surface area contributed by atoms with Crippen molar-refractivity contribution in [3.63, 3.8) is 0 Å². The van der Waals surface area contributed by atoms with Crippen molar-refractivity contribution in [1.29, 1.82) is 0 Å². The molecule has 7 heteroatoms. The highest BCUT2D eigenvalue weighted by Crippen LogP contribution is 2.08. The van der Waals surface area contributed by atoms with Crippen molar-refractivity contribution in [1.82, 2.24) is 15.2 Å². The van der Waals surface area contributed by atoms with Crippen LogP contribution in [0.1, 0.15) is 6.42 Å². The first-order valence-corrected chi connectivity index (χ1v) is 5.93. The van der Waals surface area contributed by atoms with Crippen LogP contribution in [-0.2, 0) is 0 Å². The maximum Gasteiger partial charge on any atom is 0.324 e. The van der Waals surface area contributed by atoms with Crippen LogP contribution in [0.2, 0.25) is 0 Å². The first kappa shape index (κ1) is 12.7. The second-order valence-electron chi connectivity index (χ2n) is 3.16. The summed E-state index contributed by atoms with van der Waals surface area (Å²) in [6.07, 6.45) is 2.51. The zero-order valence-electron chi connectivity index (χ0n) is 9.40. The molecule has 0 aromatic carbocycles. The van der Waals surface area contributed by atoms with Crippen LogP contribution in [0.5, 0.6) is 0 Å². The fourth-order valence-corrected chi connectivity index (χ4v) is 1.67. The van der Waals surface area contributed by atoms with E-state index in [9.17, 15) is 4.79 Å². The van der Waals surface area contributed by atoms with E-state index in [0.29, 0.717) is 0 Å². The third kappa shape index (κ3) is 4.43. The van der Waals surface area contributed by atoms with Gasteiger partial charge in [-0.1, -0.05) is 5.16 Å². The molecule has 16 heavy (non-hydrogen) atoms. The lowest BCUT2D eigenvalue weighted by molar-refractivity contribution is 0.248.